The van der Waals surface area contributed by atoms with Crippen molar-refractivity contribution >= 4 is 11.9 Å². The summed E-state index contributed by atoms with van der Waals surface area (Å²) in [5, 5.41) is 11.7. The minimum absolute atomic E-state index is 0.122. The van der Waals surface area contributed by atoms with E-state index in [0.717, 1.165) is 0 Å². The molecule has 0 aliphatic carbocycles. The Labute approximate surface area is 106 Å². The standard InChI is InChI=1S/C13H19NO4/c1-4-8(3)11(13(16)17)14-12(15)9-6-7-18-10(9)5-2/h6-8,11H,4-5H2,1-3H3,(H,14,15)(H,16,17). The van der Waals surface area contributed by atoms with Crippen LogP contribution in [0.15, 0.2) is 16.7 Å². The molecule has 0 aromatic carbocycles. The quantitative estimate of drug-likeness (QED) is 0.813. The number of nitrogens with one attached hydrogen (secondary N) is 1. The molecular formula is C13H19NO4. The summed E-state index contributed by atoms with van der Waals surface area (Å²) in [6.07, 6.45) is 2.72. The smallest absolute Gasteiger partial charge is 0.326 e. The average molecular weight is 253 g/mol. The molecule has 2 atom stereocenters. The van der Waals surface area contributed by atoms with Gasteiger partial charge in [0.2, 0.25) is 0 Å². The van der Waals surface area contributed by atoms with Crippen LogP contribution < -0.4 is 5.32 Å². The predicted octanol–water partition coefficient (Wildman–Crippen LogP) is 2.07. The van der Waals surface area contributed by atoms with Crippen molar-refractivity contribution in [2.45, 2.75) is 39.7 Å². The minimum Gasteiger partial charge on any atom is -0.480 e. The van der Waals surface area contributed by atoms with Gasteiger partial charge in [0.25, 0.3) is 5.91 Å². The molecule has 5 heteroatoms. The first-order chi connectivity index (χ1) is 8.51. The Morgan fingerprint density at radius 2 is 2.11 bits per heavy atom. The third kappa shape index (κ3) is 3.12. The lowest BCUT2D eigenvalue weighted by atomic mass is 9.99. The van der Waals surface area contributed by atoms with Crippen LogP contribution >= 0.6 is 0 Å². The van der Waals surface area contributed by atoms with Crippen LogP contribution in [0.5, 0.6) is 0 Å². The van der Waals surface area contributed by atoms with Crippen molar-refractivity contribution in [3.05, 3.63) is 23.7 Å². The molecule has 100 valence electrons. The first-order valence-electron chi connectivity index (χ1n) is 6.11. The molecule has 0 saturated heterocycles. The Hall–Kier alpha value is -1.78. The Balaban J connectivity index is 2.82. The van der Waals surface area contributed by atoms with E-state index in [1.165, 1.54) is 6.26 Å². The SMILES string of the molecule is CCc1occc1C(=O)NC(C(=O)O)C(C)CC. The van der Waals surface area contributed by atoms with Gasteiger partial charge in [0.1, 0.15) is 11.8 Å². The molecule has 0 aliphatic rings. The van der Waals surface area contributed by atoms with Crippen molar-refractivity contribution in [1.29, 1.82) is 0 Å². The van der Waals surface area contributed by atoms with Crippen molar-refractivity contribution in [2.24, 2.45) is 5.92 Å². The average Bonchev–Trinajstić information content (AvgIpc) is 2.82. The van der Waals surface area contributed by atoms with Gasteiger partial charge in [-0.1, -0.05) is 27.2 Å². The summed E-state index contributed by atoms with van der Waals surface area (Å²) in [6, 6.07) is 0.686. The van der Waals surface area contributed by atoms with Crippen molar-refractivity contribution < 1.29 is 19.1 Å². The molecule has 0 aliphatic heterocycles. The highest BCUT2D eigenvalue weighted by molar-refractivity contribution is 5.97. The van der Waals surface area contributed by atoms with Gasteiger partial charge in [0.05, 0.1) is 11.8 Å². The van der Waals surface area contributed by atoms with E-state index in [4.69, 9.17) is 9.52 Å². The number of hydrogen-bond acceptors (Lipinski definition) is 3. The topological polar surface area (TPSA) is 79.5 Å². The van der Waals surface area contributed by atoms with Crippen LogP contribution in [0.25, 0.3) is 0 Å². The molecule has 0 saturated carbocycles. The van der Waals surface area contributed by atoms with Crippen LogP contribution in [-0.2, 0) is 11.2 Å². The lowest BCUT2D eigenvalue weighted by Gasteiger charge is -2.19. The Morgan fingerprint density at radius 1 is 1.44 bits per heavy atom. The fourth-order valence-electron chi connectivity index (χ4n) is 1.72. The number of carbonyl (C=O) groups excluding carboxylic acids is 1. The molecule has 1 heterocycles. The fraction of sp³-hybridized carbons (Fsp3) is 0.538. The van der Waals surface area contributed by atoms with Crippen LogP contribution in [0.1, 0.15) is 43.3 Å². The van der Waals surface area contributed by atoms with Crippen molar-refractivity contribution in [2.75, 3.05) is 0 Å². The van der Waals surface area contributed by atoms with Crippen LogP contribution in [0, 0.1) is 5.92 Å². The Morgan fingerprint density at radius 3 is 2.61 bits per heavy atom. The highest BCUT2D eigenvalue weighted by Crippen LogP contribution is 2.13. The van der Waals surface area contributed by atoms with Crippen molar-refractivity contribution in [3.63, 3.8) is 0 Å². The summed E-state index contributed by atoms with van der Waals surface area (Å²) in [5.74, 6) is -0.961. The lowest BCUT2D eigenvalue weighted by Crippen LogP contribution is -2.45. The molecular weight excluding hydrogens is 234 g/mol. The van der Waals surface area contributed by atoms with E-state index >= 15 is 0 Å². The molecule has 0 radical (unpaired) electrons. The second-order valence-electron chi connectivity index (χ2n) is 4.29. The maximum atomic E-state index is 12.0. The Bertz CT molecular complexity index is 424. The van der Waals surface area contributed by atoms with Gasteiger partial charge in [-0.05, 0) is 12.0 Å². The van der Waals surface area contributed by atoms with Crippen LogP contribution in [0.2, 0.25) is 0 Å². The maximum absolute atomic E-state index is 12.0. The molecule has 18 heavy (non-hydrogen) atoms. The number of rotatable bonds is 6. The van der Waals surface area contributed by atoms with Gasteiger partial charge in [0, 0.05) is 6.42 Å². The number of hydrogen-bond donors (Lipinski definition) is 2. The van der Waals surface area contributed by atoms with Crippen LogP contribution in [0.4, 0.5) is 0 Å². The monoisotopic (exact) mass is 253 g/mol. The number of amides is 1. The van der Waals surface area contributed by atoms with Crippen LogP contribution in [0.3, 0.4) is 0 Å². The number of carbonyl (C=O) groups is 2. The highest BCUT2D eigenvalue weighted by Gasteiger charge is 2.26. The van der Waals surface area contributed by atoms with Gasteiger partial charge in [-0.3, -0.25) is 4.79 Å². The number of furan rings is 1. The summed E-state index contributed by atoms with van der Waals surface area (Å²) in [6.45, 7) is 5.57. The van der Waals surface area contributed by atoms with E-state index in [-0.39, 0.29) is 5.92 Å². The maximum Gasteiger partial charge on any atom is 0.326 e. The molecule has 2 N–H and O–H groups in total. The highest BCUT2D eigenvalue weighted by atomic mass is 16.4. The zero-order chi connectivity index (χ0) is 13.7. The molecule has 0 spiro atoms. The molecule has 0 bridgehead atoms. The molecule has 1 rings (SSSR count). The number of aliphatic carboxylic acids is 1. The zero-order valence-electron chi connectivity index (χ0n) is 10.9. The van der Waals surface area contributed by atoms with Gasteiger partial charge in [0.15, 0.2) is 0 Å². The van der Waals surface area contributed by atoms with E-state index in [2.05, 4.69) is 5.32 Å². The van der Waals surface area contributed by atoms with Crippen molar-refractivity contribution in [3.8, 4) is 0 Å². The molecule has 0 fully saturated rings. The number of aryl methyl sites for hydroxylation is 1. The van der Waals surface area contributed by atoms with Gasteiger partial charge in [-0.2, -0.15) is 0 Å². The first-order valence-corrected chi connectivity index (χ1v) is 6.11. The number of carboxylic acid groups (broad SMARTS) is 1. The molecule has 1 aromatic heterocycles. The van der Waals surface area contributed by atoms with Gasteiger partial charge in [-0.15, -0.1) is 0 Å². The molecule has 5 nitrogen and oxygen atoms in total. The van der Waals surface area contributed by atoms with Gasteiger partial charge < -0.3 is 14.8 Å². The van der Waals surface area contributed by atoms with E-state index in [1.54, 1.807) is 13.0 Å². The third-order valence-corrected chi connectivity index (χ3v) is 3.08. The van der Waals surface area contributed by atoms with Crippen molar-refractivity contribution in [1.82, 2.24) is 5.32 Å². The normalized spacial score (nSPS) is 13.9. The molecule has 2 unspecified atom stereocenters. The number of carboxylic acids is 1. The van der Waals surface area contributed by atoms with Gasteiger partial charge in [-0.25, -0.2) is 4.79 Å². The van der Waals surface area contributed by atoms with E-state index < -0.39 is 17.9 Å². The van der Waals surface area contributed by atoms with E-state index in [1.807, 2.05) is 13.8 Å². The third-order valence-electron chi connectivity index (χ3n) is 3.08. The summed E-state index contributed by atoms with van der Waals surface area (Å²) in [4.78, 5) is 23.1. The minimum atomic E-state index is -1.01. The summed E-state index contributed by atoms with van der Waals surface area (Å²) in [7, 11) is 0. The first kappa shape index (κ1) is 14.3. The summed E-state index contributed by atoms with van der Waals surface area (Å²) in [5.41, 5.74) is 0.409. The van der Waals surface area contributed by atoms with E-state index in [0.29, 0.717) is 24.2 Å². The van der Waals surface area contributed by atoms with Gasteiger partial charge >= 0.3 is 5.97 Å². The zero-order valence-corrected chi connectivity index (χ0v) is 10.9. The lowest BCUT2D eigenvalue weighted by molar-refractivity contribution is -0.140. The fourth-order valence-corrected chi connectivity index (χ4v) is 1.72. The largest absolute Gasteiger partial charge is 0.480 e. The van der Waals surface area contributed by atoms with Crippen LogP contribution in [-0.4, -0.2) is 23.0 Å². The summed E-state index contributed by atoms with van der Waals surface area (Å²) < 4.78 is 5.16. The summed E-state index contributed by atoms with van der Waals surface area (Å²) >= 11 is 0. The molecule has 1 aromatic rings. The predicted molar refractivity (Wildman–Crippen MR) is 66.4 cm³/mol. The second kappa shape index (κ2) is 6.23. The second-order valence-corrected chi connectivity index (χ2v) is 4.29. The Kier molecular flexibility index (Phi) is 4.95. The molecule has 1 amide bonds. The van der Waals surface area contributed by atoms with E-state index in [9.17, 15) is 9.59 Å².